The van der Waals surface area contributed by atoms with Crippen molar-refractivity contribution in [3.8, 4) is 0 Å². The summed E-state index contributed by atoms with van der Waals surface area (Å²) in [6.45, 7) is 7.94. The maximum absolute atomic E-state index is 11.2. The van der Waals surface area contributed by atoms with E-state index in [0.29, 0.717) is 0 Å². The summed E-state index contributed by atoms with van der Waals surface area (Å²) in [4.78, 5) is 21.9. The number of hydrogen-bond acceptors (Lipinski definition) is 4. The highest BCUT2D eigenvalue weighted by molar-refractivity contribution is 5.81. The summed E-state index contributed by atoms with van der Waals surface area (Å²) in [6, 6.07) is 0. The zero-order valence-corrected chi connectivity index (χ0v) is 8.62. The Kier molecular flexibility index (Phi) is 4.67. The maximum Gasteiger partial charge on any atom is 0.341 e. The van der Waals surface area contributed by atoms with Gasteiger partial charge in [0, 0.05) is 0 Å². The monoisotopic (exact) mass is 198 g/mol. The lowest BCUT2D eigenvalue weighted by Gasteiger charge is -2.15. The summed E-state index contributed by atoms with van der Waals surface area (Å²) in [6.07, 6.45) is 1.02. The van der Waals surface area contributed by atoms with Gasteiger partial charge in [-0.1, -0.05) is 6.58 Å². The molecule has 0 aromatic carbocycles. The van der Waals surface area contributed by atoms with Gasteiger partial charge in [-0.2, -0.15) is 0 Å². The lowest BCUT2D eigenvalue weighted by molar-refractivity contribution is -0.170. The molecule has 0 aliphatic heterocycles. The van der Waals surface area contributed by atoms with Crippen LogP contribution < -0.4 is 0 Å². The quantitative estimate of drug-likeness (QED) is 0.298. The minimum atomic E-state index is -0.637. The second-order valence-corrected chi connectivity index (χ2v) is 3.61. The molecule has 0 aromatic rings. The van der Waals surface area contributed by atoms with E-state index >= 15 is 0 Å². The Hall–Kier alpha value is -1.54. The molecule has 0 heterocycles. The molecule has 0 bridgehead atoms. The maximum atomic E-state index is 11.2. The fourth-order valence-corrected chi connectivity index (χ4v) is 0.483. The average molecular weight is 198 g/mol. The van der Waals surface area contributed by atoms with E-state index in [1.807, 2.05) is 0 Å². The summed E-state index contributed by atoms with van der Waals surface area (Å²) < 4.78 is 9.18. The van der Waals surface area contributed by atoms with E-state index in [4.69, 9.17) is 0 Å². The van der Waals surface area contributed by atoms with Crippen molar-refractivity contribution in [1.82, 2.24) is 0 Å². The lowest BCUT2D eigenvalue weighted by Crippen LogP contribution is -2.24. The SMILES string of the molecule is C=C=CC(=O)OCOC(=O)C(C)(C)C. The molecule has 78 valence electrons. The lowest BCUT2D eigenvalue weighted by atomic mass is 9.98. The minimum absolute atomic E-state index is 0.382. The topological polar surface area (TPSA) is 52.6 Å². The molecule has 0 fully saturated rings. The predicted molar refractivity (Wildman–Crippen MR) is 50.2 cm³/mol. The third-order valence-electron chi connectivity index (χ3n) is 1.22. The summed E-state index contributed by atoms with van der Waals surface area (Å²) in [5.41, 5.74) is 1.65. The van der Waals surface area contributed by atoms with Crippen LogP contribution in [0.5, 0.6) is 0 Å². The Morgan fingerprint density at radius 1 is 1.36 bits per heavy atom. The van der Waals surface area contributed by atoms with Gasteiger partial charge in [0.1, 0.15) is 0 Å². The van der Waals surface area contributed by atoms with E-state index in [0.717, 1.165) is 6.08 Å². The van der Waals surface area contributed by atoms with E-state index in [9.17, 15) is 9.59 Å². The standard InChI is InChI=1S/C10H14O4/c1-5-6-8(11)13-7-14-9(12)10(2,3)4/h6H,1,7H2,2-4H3. The molecule has 4 heteroatoms. The Balaban J connectivity index is 3.81. The molecule has 0 amide bonds. The highest BCUT2D eigenvalue weighted by atomic mass is 16.7. The molecule has 0 saturated carbocycles. The number of carbonyl (C=O) groups excluding carboxylic acids is 2. The molecule has 0 spiro atoms. The van der Waals surface area contributed by atoms with Crippen LogP contribution in [0.25, 0.3) is 0 Å². The van der Waals surface area contributed by atoms with E-state index in [1.165, 1.54) is 0 Å². The van der Waals surface area contributed by atoms with Gasteiger partial charge in [-0.25, -0.2) is 4.79 Å². The number of carbonyl (C=O) groups is 2. The van der Waals surface area contributed by atoms with Crippen LogP contribution in [0.1, 0.15) is 20.8 Å². The molecule has 0 unspecified atom stereocenters. The van der Waals surface area contributed by atoms with Gasteiger partial charge >= 0.3 is 11.9 Å². The highest BCUT2D eigenvalue weighted by Gasteiger charge is 2.23. The van der Waals surface area contributed by atoms with Crippen molar-refractivity contribution in [1.29, 1.82) is 0 Å². The van der Waals surface area contributed by atoms with Crippen LogP contribution in [-0.4, -0.2) is 18.7 Å². The molecular formula is C10H14O4. The smallest absolute Gasteiger partial charge is 0.341 e. The van der Waals surface area contributed by atoms with Gasteiger partial charge in [0.05, 0.1) is 11.5 Å². The van der Waals surface area contributed by atoms with Gasteiger partial charge in [-0.15, -0.1) is 5.73 Å². The van der Waals surface area contributed by atoms with Crippen molar-refractivity contribution >= 4 is 11.9 Å². The molecule has 0 N–H and O–H groups in total. The second kappa shape index (κ2) is 5.25. The first-order chi connectivity index (χ1) is 6.38. The summed E-state index contributed by atoms with van der Waals surface area (Å²) >= 11 is 0. The Bertz CT molecular complexity index is 266. The van der Waals surface area contributed by atoms with E-state index in [1.54, 1.807) is 20.8 Å². The molecule has 0 aliphatic carbocycles. The van der Waals surface area contributed by atoms with E-state index in [2.05, 4.69) is 21.8 Å². The molecule has 0 aliphatic rings. The molecular weight excluding hydrogens is 184 g/mol. The summed E-state index contributed by atoms with van der Waals surface area (Å²) in [5, 5.41) is 0. The third-order valence-corrected chi connectivity index (χ3v) is 1.22. The highest BCUT2D eigenvalue weighted by Crippen LogP contribution is 2.14. The van der Waals surface area contributed by atoms with E-state index < -0.39 is 17.4 Å². The van der Waals surface area contributed by atoms with E-state index in [-0.39, 0.29) is 6.79 Å². The van der Waals surface area contributed by atoms with Gasteiger partial charge in [0.15, 0.2) is 0 Å². The molecule has 4 nitrogen and oxygen atoms in total. The molecule has 0 saturated heterocycles. The molecule has 0 atom stereocenters. The van der Waals surface area contributed by atoms with Gasteiger partial charge in [0.2, 0.25) is 6.79 Å². The number of hydrogen-bond donors (Lipinski definition) is 0. The van der Waals surface area contributed by atoms with Gasteiger partial charge in [-0.05, 0) is 20.8 Å². The van der Waals surface area contributed by atoms with Crippen LogP contribution in [0, 0.1) is 5.41 Å². The Morgan fingerprint density at radius 3 is 2.36 bits per heavy atom. The number of esters is 2. The van der Waals surface area contributed by atoms with Crippen molar-refractivity contribution in [2.75, 3.05) is 6.79 Å². The summed E-state index contributed by atoms with van der Waals surface area (Å²) in [7, 11) is 0. The van der Waals surface area contributed by atoms with Crippen LogP contribution in [0.15, 0.2) is 18.4 Å². The first kappa shape index (κ1) is 12.5. The molecule has 14 heavy (non-hydrogen) atoms. The van der Waals surface area contributed by atoms with Crippen LogP contribution in [0.4, 0.5) is 0 Å². The second-order valence-electron chi connectivity index (χ2n) is 3.61. The average Bonchev–Trinajstić information content (AvgIpc) is 2.02. The van der Waals surface area contributed by atoms with Crippen molar-refractivity contribution in [3.63, 3.8) is 0 Å². The fraction of sp³-hybridized carbons (Fsp3) is 0.500. The van der Waals surface area contributed by atoms with Crippen molar-refractivity contribution in [3.05, 3.63) is 18.4 Å². The first-order valence-electron chi connectivity index (χ1n) is 4.07. The van der Waals surface area contributed by atoms with Crippen LogP contribution in [0.2, 0.25) is 0 Å². The molecule has 0 rings (SSSR count). The number of rotatable bonds is 3. The van der Waals surface area contributed by atoms with Gasteiger partial charge in [0.25, 0.3) is 0 Å². The van der Waals surface area contributed by atoms with Gasteiger partial charge in [-0.3, -0.25) is 4.79 Å². The zero-order chi connectivity index (χ0) is 11.2. The predicted octanol–water partition coefficient (Wildman–Crippen LogP) is 1.42. The normalized spacial score (nSPS) is 9.93. The fourth-order valence-electron chi connectivity index (χ4n) is 0.483. The third kappa shape index (κ3) is 5.17. The molecule has 0 radical (unpaired) electrons. The van der Waals surface area contributed by atoms with Gasteiger partial charge < -0.3 is 9.47 Å². The Morgan fingerprint density at radius 2 is 1.93 bits per heavy atom. The Labute approximate surface area is 83.2 Å². The zero-order valence-electron chi connectivity index (χ0n) is 8.62. The van der Waals surface area contributed by atoms with Crippen molar-refractivity contribution < 1.29 is 19.1 Å². The number of ether oxygens (including phenoxy) is 2. The molecule has 0 aromatic heterocycles. The minimum Gasteiger partial charge on any atom is -0.427 e. The van der Waals surface area contributed by atoms with Crippen molar-refractivity contribution in [2.45, 2.75) is 20.8 Å². The van der Waals surface area contributed by atoms with Crippen molar-refractivity contribution in [2.24, 2.45) is 5.41 Å². The largest absolute Gasteiger partial charge is 0.427 e. The van der Waals surface area contributed by atoms with Crippen LogP contribution >= 0.6 is 0 Å². The van der Waals surface area contributed by atoms with Crippen LogP contribution in [-0.2, 0) is 19.1 Å². The summed E-state index contributed by atoms with van der Waals surface area (Å²) in [5.74, 6) is -1.06. The van der Waals surface area contributed by atoms with Crippen LogP contribution in [0.3, 0.4) is 0 Å². The first-order valence-corrected chi connectivity index (χ1v) is 4.07.